The van der Waals surface area contributed by atoms with Crippen molar-refractivity contribution in [2.75, 3.05) is 0 Å². The smallest absolute Gasteiger partial charge is 0.317 e. The summed E-state index contributed by atoms with van der Waals surface area (Å²) in [4.78, 5) is 22.8. The van der Waals surface area contributed by atoms with Crippen LogP contribution in [-0.2, 0) is 14.3 Å². The lowest BCUT2D eigenvalue weighted by molar-refractivity contribution is -0.153. The first kappa shape index (κ1) is 19.9. The zero-order chi connectivity index (χ0) is 16.9. The second-order valence-corrected chi connectivity index (χ2v) is 6.83. The summed E-state index contributed by atoms with van der Waals surface area (Å²) in [6, 6.07) is 0. The van der Waals surface area contributed by atoms with E-state index in [1.807, 2.05) is 6.08 Å². The van der Waals surface area contributed by atoms with E-state index >= 15 is 0 Å². The number of ether oxygens (including phenoxy) is 1. The van der Waals surface area contributed by atoms with Gasteiger partial charge in [-0.3, -0.25) is 9.59 Å². The van der Waals surface area contributed by atoms with Crippen LogP contribution in [0.4, 0.5) is 0 Å². The van der Waals surface area contributed by atoms with Crippen molar-refractivity contribution in [3.05, 3.63) is 12.7 Å². The van der Waals surface area contributed by atoms with Gasteiger partial charge in [-0.05, 0) is 12.3 Å². The number of carbonyl (C=O) groups is 2. The summed E-state index contributed by atoms with van der Waals surface area (Å²) in [6.45, 7) is 6.07. The summed E-state index contributed by atoms with van der Waals surface area (Å²) in [5.41, 5.74) is 0. The average Bonchev–Trinajstić information content (AvgIpc) is 2.87. The Labute approximate surface area is 141 Å². The summed E-state index contributed by atoms with van der Waals surface area (Å²) in [6.07, 6.45) is 17.5. The molecule has 0 radical (unpaired) electrons. The predicted molar refractivity (Wildman–Crippen MR) is 94.0 cm³/mol. The fourth-order valence-corrected chi connectivity index (χ4v) is 3.35. The molecule has 3 nitrogen and oxygen atoms in total. The highest BCUT2D eigenvalue weighted by atomic mass is 16.6. The molecule has 1 aliphatic heterocycles. The van der Waals surface area contributed by atoms with Gasteiger partial charge in [0.15, 0.2) is 0 Å². The Morgan fingerprint density at radius 2 is 1.52 bits per heavy atom. The van der Waals surface area contributed by atoms with Crippen molar-refractivity contribution in [1.29, 1.82) is 0 Å². The molecule has 0 aliphatic carbocycles. The van der Waals surface area contributed by atoms with Crippen LogP contribution in [0.15, 0.2) is 12.7 Å². The lowest BCUT2D eigenvalue weighted by Gasteiger charge is -2.15. The minimum Gasteiger partial charge on any atom is -0.393 e. The number of hydrogen-bond donors (Lipinski definition) is 0. The van der Waals surface area contributed by atoms with Crippen molar-refractivity contribution < 1.29 is 14.3 Å². The largest absolute Gasteiger partial charge is 0.393 e. The van der Waals surface area contributed by atoms with Crippen LogP contribution in [0.3, 0.4) is 0 Å². The van der Waals surface area contributed by atoms with Gasteiger partial charge in [0.25, 0.3) is 0 Å². The maximum Gasteiger partial charge on any atom is 0.317 e. The third kappa shape index (κ3) is 8.34. The van der Waals surface area contributed by atoms with Crippen molar-refractivity contribution in [2.24, 2.45) is 11.8 Å². The van der Waals surface area contributed by atoms with Gasteiger partial charge >= 0.3 is 11.9 Å². The third-order valence-corrected chi connectivity index (χ3v) is 4.86. The lowest BCUT2D eigenvalue weighted by atomic mass is 9.86. The number of hydrogen-bond acceptors (Lipinski definition) is 3. The van der Waals surface area contributed by atoms with Gasteiger partial charge < -0.3 is 4.74 Å². The Morgan fingerprint density at radius 3 is 1.96 bits per heavy atom. The topological polar surface area (TPSA) is 43.4 Å². The summed E-state index contributed by atoms with van der Waals surface area (Å²) >= 11 is 0. The molecule has 1 fully saturated rings. The van der Waals surface area contributed by atoms with Crippen molar-refractivity contribution >= 4 is 11.9 Å². The molecule has 1 heterocycles. The fourth-order valence-electron chi connectivity index (χ4n) is 3.35. The molecule has 1 saturated heterocycles. The van der Waals surface area contributed by atoms with Crippen LogP contribution in [0.2, 0.25) is 0 Å². The molecule has 0 saturated carbocycles. The van der Waals surface area contributed by atoms with E-state index in [1.165, 1.54) is 64.2 Å². The van der Waals surface area contributed by atoms with Crippen molar-refractivity contribution in [2.45, 2.75) is 90.4 Å². The molecule has 1 aliphatic rings. The fraction of sp³-hybridized carbons (Fsp3) is 0.800. The summed E-state index contributed by atoms with van der Waals surface area (Å²) in [5, 5.41) is 0. The van der Waals surface area contributed by atoms with E-state index < -0.39 is 0 Å². The molecule has 0 spiro atoms. The molecular formula is C20H34O3. The van der Waals surface area contributed by atoms with Crippen LogP contribution < -0.4 is 0 Å². The second kappa shape index (κ2) is 12.3. The minimum absolute atomic E-state index is 0.0903. The molecule has 0 amide bonds. The van der Waals surface area contributed by atoms with Gasteiger partial charge in [-0.2, -0.15) is 0 Å². The zero-order valence-corrected chi connectivity index (χ0v) is 14.9. The Kier molecular flexibility index (Phi) is 10.7. The summed E-state index contributed by atoms with van der Waals surface area (Å²) in [5.74, 6) is -0.940. The molecule has 0 bridgehead atoms. The van der Waals surface area contributed by atoms with Crippen molar-refractivity contribution in [1.82, 2.24) is 0 Å². The molecule has 23 heavy (non-hydrogen) atoms. The van der Waals surface area contributed by atoms with Crippen LogP contribution in [0.1, 0.15) is 90.4 Å². The van der Waals surface area contributed by atoms with Crippen molar-refractivity contribution in [3.63, 3.8) is 0 Å². The van der Waals surface area contributed by atoms with E-state index in [9.17, 15) is 9.59 Å². The van der Waals surface area contributed by atoms with E-state index in [4.69, 9.17) is 0 Å². The van der Waals surface area contributed by atoms with Gasteiger partial charge in [0.1, 0.15) is 0 Å². The number of carbonyl (C=O) groups excluding carboxylic acids is 2. The molecule has 3 heteroatoms. The highest BCUT2D eigenvalue weighted by Crippen LogP contribution is 2.29. The van der Waals surface area contributed by atoms with Crippen molar-refractivity contribution in [3.8, 4) is 0 Å². The molecular weight excluding hydrogens is 288 g/mol. The van der Waals surface area contributed by atoms with Crippen LogP contribution in [0, 0.1) is 11.8 Å². The lowest BCUT2D eigenvalue weighted by Crippen LogP contribution is -2.17. The molecule has 0 aromatic rings. The third-order valence-electron chi connectivity index (χ3n) is 4.86. The molecule has 0 aromatic carbocycles. The minimum atomic E-state index is -0.384. The molecule has 1 rings (SSSR count). The number of cyclic esters (lactones) is 2. The molecule has 2 atom stereocenters. The SMILES string of the molecule is C=CC(CCCCCCCCCCCCC)C1CC(=O)OC1=O. The maximum atomic E-state index is 11.6. The standard InChI is InChI=1S/C20H34O3/c1-3-5-6-7-8-9-10-11-12-13-14-15-17(4-2)18-16-19(21)23-20(18)22/h4,17-18H,2-3,5-16H2,1H3. The molecule has 132 valence electrons. The Bertz CT molecular complexity index is 362. The number of allylic oxidation sites excluding steroid dienone is 1. The molecule has 0 N–H and O–H groups in total. The van der Waals surface area contributed by atoms with Crippen LogP contribution in [-0.4, -0.2) is 11.9 Å². The maximum absolute atomic E-state index is 11.6. The van der Waals surface area contributed by atoms with Gasteiger partial charge in [0.05, 0.1) is 12.3 Å². The van der Waals surface area contributed by atoms with E-state index in [0.717, 1.165) is 12.8 Å². The van der Waals surface area contributed by atoms with E-state index in [1.54, 1.807) is 0 Å². The highest BCUT2D eigenvalue weighted by molar-refractivity contribution is 5.94. The number of unbranched alkanes of at least 4 members (excludes halogenated alkanes) is 10. The average molecular weight is 322 g/mol. The molecule has 0 aromatic heterocycles. The first-order chi connectivity index (χ1) is 11.2. The van der Waals surface area contributed by atoms with Gasteiger partial charge in [-0.15, -0.1) is 6.58 Å². The summed E-state index contributed by atoms with van der Waals surface area (Å²) < 4.78 is 4.64. The summed E-state index contributed by atoms with van der Waals surface area (Å²) in [7, 11) is 0. The Balaban J connectivity index is 1.98. The zero-order valence-electron chi connectivity index (χ0n) is 14.9. The quantitative estimate of drug-likeness (QED) is 0.181. The molecule has 2 unspecified atom stereocenters. The Hall–Kier alpha value is -1.12. The van der Waals surface area contributed by atoms with Crippen LogP contribution >= 0.6 is 0 Å². The van der Waals surface area contributed by atoms with Crippen LogP contribution in [0.5, 0.6) is 0 Å². The highest BCUT2D eigenvalue weighted by Gasteiger charge is 2.37. The number of esters is 2. The second-order valence-electron chi connectivity index (χ2n) is 6.83. The first-order valence-corrected chi connectivity index (χ1v) is 9.56. The van der Waals surface area contributed by atoms with E-state index in [-0.39, 0.29) is 30.2 Å². The van der Waals surface area contributed by atoms with E-state index in [0.29, 0.717) is 0 Å². The Morgan fingerprint density at radius 1 is 1.00 bits per heavy atom. The van der Waals surface area contributed by atoms with Crippen LogP contribution in [0.25, 0.3) is 0 Å². The predicted octanol–water partition coefficient (Wildman–Crippen LogP) is 5.58. The van der Waals surface area contributed by atoms with Gasteiger partial charge in [-0.25, -0.2) is 0 Å². The van der Waals surface area contributed by atoms with Gasteiger partial charge in [-0.1, -0.05) is 83.6 Å². The van der Waals surface area contributed by atoms with Gasteiger partial charge in [0.2, 0.25) is 0 Å². The first-order valence-electron chi connectivity index (χ1n) is 9.56. The van der Waals surface area contributed by atoms with E-state index in [2.05, 4.69) is 18.2 Å². The van der Waals surface area contributed by atoms with Gasteiger partial charge in [0, 0.05) is 0 Å². The number of rotatable bonds is 14. The normalized spacial score (nSPS) is 18.9. The monoisotopic (exact) mass is 322 g/mol.